The van der Waals surface area contributed by atoms with Crippen LogP contribution in [-0.4, -0.2) is 25.0 Å². The van der Waals surface area contributed by atoms with E-state index in [2.05, 4.69) is 5.32 Å². The van der Waals surface area contributed by atoms with E-state index < -0.39 is 12.0 Å². The van der Waals surface area contributed by atoms with E-state index in [1.54, 1.807) is 19.1 Å². The summed E-state index contributed by atoms with van der Waals surface area (Å²) in [6.07, 6.45) is -0.823. The summed E-state index contributed by atoms with van der Waals surface area (Å²) in [5, 5.41) is 2.77. The zero-order valence-electron chi connectivity index (χ0n) is 13.8. The number of carbonyl (C=O) groups excluding carboxylic acids is 2. The number of nitrogens with two attached hydrogens (primary N) is 1. The molecule has 0 fully saturated rings. The van der Waals surface area contributed by atoms with Gasteiger partial charge in [-0.25, -0.2) is 0 Å². The molecule has 24 heavy (non-hydrogen) atoms. The monoisotopic (exact) mass is 328 g/mol. The van der Waals surface area contributed by atoms with E-state index >= 15 is 0 Å². The Kier molecular flexibility index (Phi) is 5.42. The van der Waals surface area contributed by atoms with Gasteiger partial charge in [0.1, 0.15) is 11.5 Å². The molecule has 2 amide bonds. The molecule has 0 radical (unpaired) electrons. The summed E-state index contributed by atoms with van der Waals surface area (Å²) in [5.74, 6) is -0.271. The summed E-state index contributed by atoms with van der Waals surface area (Å²) in [5.41, 5.74) is 7.23. The van der Waals surface area contributed by atoms with E-state index in [0.717, 1.165) is 5.56 Å². The molecule has 126 valence electrons. The molecule has 2 aromatic carbocycles. The van der Waals surface area contributed by atoms with Gasteiger partial charge >= 0.3 is 0 Å². The molecule has 3 N–H and O–H groups in total. The van der Waals surface area contributed by atoms with Crippen molar-refractivity contribution in [1.29, 1.82) is 0 Å². The van der Waals surface area contributed by atoms with Crippen LogP contribution in [0, 0.1) is 6.92 Å². The summed E-state index contributed by atoms with van der Waals surface area (Å²) in [6.45, 7) is 3.53. The number of hydrogen-bond donors (Lipinski definition) is 2. The van der Waals surface area contributed by atoms with E-state index in [1.165, 1.54) is 19.2 Å². The van der Waals surface area contributed by atoms with Crippen molar-refractivity contribution < 1.29 is 19.1 Å². The van der Waals surface area contributed by atoms with Crippen LogP contribution in [0.15, 0.2) is 42.5 Å². The maximum atomic E-state index is 12.3. The van der Waals surface area contributed by atoms with E-state index in [0.29, 0.717) is 11.4 Å². The van der Waals surface area contributed by atoms with E-state index in [1.807, 2.05) is 25.1 Å². The van der Waals surface area contributed by atoms with E-state index in [-0.39, 0.29) is 17.2 Å². The Balaban J connectivity index is 2.14. The molecule has 0 spiro atoms. The fraction of sp³-hybridized carbons (Fsp3) is 0.222. The molecule has 1 unspecified atom stereocenters. The van der Waals surface area contributed by atoms with E-state index in [4.69, 9.17) is 15.2 Å². The zero-order valence-corrected chi connectivity index (χ0v) is 13.8. The highest BCUT2D eigenvalue weighted by Gasteiger charge is 2.19. The molecule has 0 aliphatic rings. The van der Waals surface area contributed by atoms with Crippen LogP contribution in [0.2, 0.25) is 0 Å². The van der Waals surface area contributed by atoms with Gasteiger partial charge in [0.15, 0.2) is 6.10 Å². The SMILES string of the molecule is COc1ccc(C(N)=O)c(OC(C)C(=O)Nc2cccc(C)c2)c1. The number of carbonyl (C=O) groups is 2. The average Bonchev–Trinajstić information content (AvgIpc) is 2.54. The molecule has 0 saturated carbocycles. The minimum Gasteiger partial charge on any atom is -0.497 e. The summed E-state index contributed by atoms with van der Waals surface area (Å²) >= 11 is 0. The highest BCUT2D eigenvalue weighted by molar-refractivity contribution is 5.97. The molecular weight excluding hydrogens is 308 g/mol. The number of methoxy groups -OCH3 is 1. The van der Waals surface area contributed by atoms with Gasteiger partial charge in [-0.3, -0.25) is 9.59 Å². The van der Waals surface area contributed by atoms with Crippen LogP contribution >= 0.6 is 0 Å². The molecule has 6 heteroatoms. The van der Waals surface area contributed by atoms with Crippen LogP contribution in [0.1, 0.15) is 22.8 Å². The smallest absolute Gasteiger partial charge is 0.265 e. The number of hydrogen-bond acceptors (Lipinski definition) is 4. The second-order valence-electron chi connectivity index (χ2n) is 5.35. The second kappa shape index (κ2) is 7.50. The van der Waals surface area contributed by atoms with Crippen LogP contribution in [0.5, 0.6) is 11.5 Å². The number of anilines is 1. The van der Waals surface area contributed by atoms with Gasteiger partial charge in [-0.15, -0.1) is 0 Å². The van der Waals surface area contributed by atoms with Crippen LogP contribution in [0.25, 0.3) is 0 Å². The third-order valence-electron chi connectivity index (χ3n) is 3.41. The standard InChI is InChI=1S/C18H20N2O4/c1-11-5-4-6-13(9-11)20-18(22)12(2)24-16-10-14(23-3)7-8-15(16)17(19)21/h4-10,12H,1-3H3,(H2,19,21)(H,20,22). The molecule has 6 nitrogen and oxygen atoms in total. The average molecular weight is 328 g/mol. The van der Waals surface area contributed by atoms with Crippen molar-refractivity contribution in [2.75, 3.05) is 12.4 Å². The molecule has 0 saturated heterocycles. The first-order valence-corrected chi connectivity index (χ1v) is 7.42. The number of benzene rings is 2. The van der Waals surface area contributed by atoms with Gasteiger partial charge in [0, 0.05) is 11.8 Å². The fourth-order valence-corrected chi connectivity index (χ4v) is 2.14. The minimum absolute atomic E-state index is 0.186. The third kappa shape index (κ3) is 4.25. The topological polar surface area (TPSA) is 90.7 Å². The highest BCUT2D eigenvalue weighted by Crippen LogP contribution is 2.25. The summed E-state index contributed by atoms with van der Waals surface area (Å²) in [6, 6.07) is 12.1. The van der Waals surface area contributed by atoms with Crippen LogP contribution in [0.3, 0.4) is 0 Å². The summed E-state index contributed by atoms with van der Waals surface area (Å²) < 4.78 is 10.7. The van der Waals surface area contributed by atoms with Crippen molar-refractivity contribution in [3.63, 3.8) is 0 Å². The predicted molar refractivity (Wildman–Crippen MR) is 91.4 cm³/mol. The Morgan fingerprint density at radius 2 is 1.92 bits per heavy atom. The number of aryl methyl sites for hydroxylation is 1. The maximum absolute atomic E-state index is 12.3. The number of amides is 2. The van der Waals surface area contributed by atoms with Gasteiger partial charge < -0.3 is 20.5 Å². The van der Waals surface area contributed by atoms with Gasteiger partial charge in [0.2, 0.25) is 0 Å². The number of rotatable bonds is 6. The largest absolute Gasteiger partial charge is 0.497 e. The highest BCUT2D eigenvalue weighted by atomic mass is 16.5. The molecule has 1 atom stereocenters. The van der Waals surface area contributed by atoms with Crippen molar-refractivity contribution >= 4 is 17.5 Å². The molecule has 2 aromatic rings. The van der Waals surface area contributed by atoms with Gasteiger partial charge in [-0.2, -0.15) is 0 Å². The lowest BCUT2D eigenvalue weighted by atomic mass is 10.1. The van der Waals surface area contributed by atoms with Crippen molar-refractivity contribution in [3.8, 4) is 11.5 Å². The molecule has 2 rings (SSSR count). The fourth-order valence-electron chi connectivity index (χ4n) is 2.14. The first-order valence-electron chi connectivity index (χ1n) is 7.42. The van der Waals surface area contributed by atoms with Gasteiger partial charge in [-0.05, 0) is 43.7 Å². The molecule has 0 aliphatic carbocycles. The molecule has 0 aromatic heterocycles. The maximum Gasteiger partial charge on any atom is 0.265 e. The third-order valence-corrected chi connectivity index (χ3v) is 3.41. The number of ether oxygens (including phenoxy) is 2. The van der Waals surface area contributed by atoms with Crippen LogP contribution in [0.4, 0.5) is 5.69 Å². The van der Waals surface area contributed by atoms with E-state index in [9.17, 15) is 9.59 Å². The lowest BCUT2D eigenvalue weighted by molar-refractivity contribution is -0.122. The Morgan fingerprint density at radius 3 is 2.54 bits per heavy atom. The Morgan fingerprint density at radius 1 is 1.17 bits per heavy atom. The predicted octanol–water partition coefficient (Wildman–Crippen LogP) is 2.51. The molecule has 0 bridgehead atoms. The summed E-state index contributed by atoms with van der Waals surface area (Å²) in [4.78, 5) is 23.8. The van der Waals surface area contributed by atoms with Gasteiger partial charge in [0.25, 0.3) is 11.8 Å². The second-order valence-corrected chi connectivity index (χ2v) is 5.35. The minimum atomic E-state index is -0.823. The first-order chi connectivity index (χ1) is 11.4. The Hall–Kier alpha value is -3.02. The van der Waals surface area contributed by atoms with Crippen molar-refractivity contribution in [2.45, 2.75) is 20.0 Å². The molecular formula is C18H20N2O4. The molecule has 0 heterocycles. The Labute approximate surface area is 140 Å². The van der Waals surface area contributed by atoms with Crippen LogP contribution < -0.4 is 20.5 Å². The number of primary amides is 1. The number of nitrogens with one attached hydrogen (secondary N) is 1. The normalized spacial score (nSPS) is 11.5. The quantitative estimate of drug-likeness (QED) is 0.852. The zero-order chi connectivity index (χ0) is 17.7. The summed E-state index contributed by atoms with van der Waals surface area (Å²) in [7, 11) is 1.50. The Bertz CT molecular complexity index is 758. The first kappa shape index (κ1) is 17.3. The van der Waals surface area contributed by atoms with Gasteiger partial charge in [0.05, 0.1) is 12.7 Å². The lowest BCUT2D eigenvalue weighted by Gasteiger charge is -2.17. The van der Waals surface area contributed by atoms with Crippen molar-refractivity contribution in [2.24, 2.45) is 5.73 Å². The van der Waals surface area contributed by atoms with Crippen molar-refractivity contribution in [3.05, 3.63) is 53.6 Å². The van der Waals surface area contributed by atoms with Crippen molar-refractivity contribution in [1.82, 2.24) is 0 Å². The molecule has 0 aliphatic heterocycles. The lowest BCUT2D eigenvalue weighted by Crippen LogP contribution is -2.31. The van der Waals surface area contributed by atoms with Gasteiger partial charge in [-0.1, -0.05) is 12.1 Å². The van der Waals surface area contributed by atoms with Crippen LogP contribution in [-0.2, 0) is 4.79 Å².